The number of nitrogens with zero attached hydrogens (tertiary/aromatic N) is 1. The molecule has 2 nitrogen and oxygen atoms in total. The van der Waals surface area contributed by atoms with Gasteiger partial charge >= 0.3 is 0 Å². The summed E-state index contributed by atoms with van der Waals surface area (Å²) in [5.74, 6) is 0.956. The number of para-hydroxylation sites is 1. The zero-order chi connectivity index (χ0) is 16.1. The first-order valence-corrected chi connectivity index (χ1v) is 9.68. The minimum Gasteiger partial charge on any atom is -0.494 e. The van der Waals surface area contributed by atoms with Crippen LogP contribution in [0.1, 0.15) is 25.0 Å². The average Bonchev–Trinajstić information content (AvgIpc) is 2.91. The van der Waals surface area contributed by atoms with Crippen molar-refractivity contribution in [2.24, 2.45) is 0 Å². The molecule has 0 aliphatic carbocycles. The third-order valence-corrected chi connectivity index (χ3v) is 4.80. The van der Waals surface area contributed by atoms with Gasteiger partial charge in [-0.2, -0.15) is 0 Å². The van der Waals surface area contributed by atoms with E-state index in [1.54, 1.807) is 0 Å². The van der Waals surface area contributed by atoms with Crippen molar-refractivity contribution >= 4 is 33.5 Å². The van der Waals surface area contributed by atoms with Crippen LogP contribution in [0.2, 0.25) is 0 Å². The highest BCUT2D eigenvalue weighted by atomic mass is 127. The number of aryl methyl sites for hydroxylation is 1. The number of unbranched alkanes of at least 4 members (excludes halogenated alkanes) is 2. The molecular formula is C20H22INO. The lowest BCUT2D eigenvalue weighted by molar-refractivity contribution is 0.306. The lowest BCUT2D eigenvalue weighted by atomic mass is 10.2. The van der Waals surface area contributed by atoms with Crippen LogP contribution in [0.25, 0.3) is 16.6 Å². The van der Waals surface area contributed by atoms with Crippen LogP contribution in [-0.2, 0) is 0 Å². The van der Waals surface area contributed by atoms with Crippen molar-refractivity contribution in [3.05, 3.63) is 60.3 Å². The summed E-state index contributed by atoms with van der Waals surface area (Å²) in [5, 5.41) is 1.28. The van der Waals surface area contributed by atoms with Crippen LogP contribution in [0.4, 0.5) is 0 Å². The van der Waals surface area contributed by atoms with E-state index in [2.05, 4.69) is 88.7 Å². The maximum absolute atomic E-state index is 5.83. The van der Waals surface area contributed by atoms with Gasteiger partial charge in [0.05, 0.1) is 12.1 Å². The molecule has 3 rings (SSSR count). The Kier molecular flexibility index (Phi) is 5.60. The largest absolute Gasteiger partial charge is 0.494 e. The molecule has 0 amide bonds. The first-order chi connectivity index (χ1) is 11.3. The smallest absolute Gasteiger partial charge is 0.119 e. The summed E-state index contributed by atoms with van der Waals surface area (Å²) in [5.41, 5.74) is 3.68. The minimum atomic E-state index is 0.807. The zero-order valence-corrected chi connectivity index (χ0v) is 15.6. The predicted octanol–water partition coefficient (Wildman–Crippen LogP) is 5.92. The fourth-order valence-corrected chi connectivity index (χ4v) is 3.43. The number of benzene rings is 2. The fourth-order valence-electron chi connectivity index (χ4n) is 2.89. The molecule has 0 N–H and O–H groups in total. The van der Waals surface area contributed by atoms with E-state index >= 15 is 0 Å². The maximum atomic E-state index is 5.83. The molecule has 0 aliphatic heterocycles. The van der Waals surface area contributed by atoms with Crippen LogP contribution >= 0.6 is 22.6 Å². The van der Waals surface area contributed by atoms with Crippen molar-refractivity contribution in [1.29, 1.82) is 0 Å². The molecule has 0 saturated heterocycles. The van der Waals surface area contributed by atoms with Gasteiger partial charge in [-0.1, -0.05) is 40.8 Å². The summed E-state index contributed by atoms with van der Waals surface area (Å²) in [6, 6.07) is 19.1. The van der Waals surface area contributed by atoms with Gasteiger partial charge in [0.1, 0.15) is 5.75 Å². The SMILES string of the molecule is Cc1cc2ccccc2n1-c1ccc(OCCCCCI)cc1. The summed E-state index contributed by atoms with van der Waals surface area (Å²) in [6.07, 6.45) is 3.66. The van der Waals surface area contributed by atoms with Gasteiger partial charge in [0, 0.05) is 16.8 Å². The van der Waals surface area contributed by atoms with Gasteiger partial charge in [-0.25, -0.2) is 0 Å². The van der Waals surface area contributed by atoms with Crippen molar-refractivity contribution < 1.29 is 4.74 Å². The highest BCUT2D eigenvalue weighted by Crippen LogP contribution is 2.25. The highest BCUT2D eigenvalue weighted by molar-refractivity contribution is 14.1. The molecule has 0 saturated carbocycles. The molecule has 2 aromatic carbocycles. The number of ether oxygens (including phenoxy) is 1. The quantitative estimate of drug-likeness (QED) is 0.263. The van der Waals surface area contributed by atoms with Gasteiger partial charge in [-0.3, -0.25) is 0 Å². The summed E-state index contributed by atoms with van der Waals surface area (Å²) in [6.45, 7) is 2.96. The molecule has 0 radical (unpaired) electrons. The Morgan fingerprint density at radius 2 is 1.74 bits per heavy atom. The number of fused-ring (bicyclic) bond motifs is 1. The Hall–Kier alpha value is -1.49. The maximum Gasteiger partial charge on any atom is 0.119 e. The van der Waals surface area contributed by atoms with Crippen LogP contribution in [0, 0.1) is 6.92 Å². The normalized spacial score (nSPS) is 11.0. The first-order valence-electron chi connectivity index (χ1n) is 8.16. The van der Waals surface area contributed by atoms with Crippen LogP contribution in [0.3, 0.4) is 0 Å². The van der Waals surface area contributed by atoms with Gasteiger partial charge in [0.15, 0.2) is 0 Å². The Bertz CT molecular complexity index is 761. The van der Waals surface area contributed by atoms with E-state index in [9.17, 15) is 0 Å². The molecule has 0 fully saturated rings. The molecule has 0 aliphatic rings. The summed E-state index contributed by atoms with van der Waals surface area (Å²) < 4.78 is 9.35. The van der Waals surface area contributed by atoms with Gasteiger partial charge < -0.3 is 9.30 Å². The van der Waals surface area contributed by atoms with Gasteiger partial charge in [0.25, 0.3) is 0 Å². The van der Waals surface area contributed by atoms with Crippen molar-refractivity contribution in [3.63, 3.8) is 0 Å². The topological polar surface area (TPSA) is 14.2 Å². The Morgan fingerprint density at radius 1 is 0.957 bits per heavy atom. The number of hydrogen-bond acceptors (Lipinski definition) is 1. The van der Waals surface area contributed by atoms with E-state index < -0.39 is 0 Å². The molecule has 3 heteroatoms. The van der Waals surface area contributed by atoms with E-state index in [1.165, 1.54) is 39.6 Å². The van der Waals surface area contributed by atoms with E-state index in [1.807, 2.05) is 0 Å². The summed E-state index contributed by atoms with van der Waals surface area (Å²) in [7, 11) is 0. The lowest BCUT2D eigenvalue weighted by Gasteiger charge is -2.10. The second-order valence-electron chi connectivity index (χ2n) is 5.77. The number of rotatable bonds is 7. The van der Waals surface area contributed by atoms with E-state index in [0.29, 0.717) is 0 Å². The van der Waals surface area contributed by atoms with Gasteiger partial charge in [0.2, 0.25) is 0 Å². The molecule has 120 valence electrons. The average molecular weight is 419 g/mol. The van der Waals surface area contributed by atoms with Crippen molar-refractivity contribution in [2.75, 3.05) is 11.0 Å². The number of alkyl halides is 1. The molecule has 1 heterocycles. The standard InChI is InChI=1S/C20H22INO/c1-16-15-17-7-3-4-8-20(17)22(16)18-9-11-19(12-10-18)23-14-6-2-5-13-21/h3-4,7-12,15H,2,5-6,13-14H2,1H3. The molecule has 1 aromatic heterocycles. The molecule has 0 unspecified atom stereocenters. The predicted molar refractivity (Wildman–Crippen MR) is 106 cm³/mol. The number of halogens is 1. The third-order valence-electron chi connectivity index (χ3n) is 4.04. The second-order valence-corrected chi connectivity index (χ2v) is 6.85. The molecular weight excluding hydrogens is 397 g/mol. The van der Waals surface area contributed by atoms with Gasteiger partial charge in [-0.15, -0.1) is 0 Å². The summed E-state index contributed by atoms with van der Waals surface area (Å²) in [4.78, 5) is 0. The summed E-state index contributed by atoms with van der Waals surface area (Å²) >= 11 is 2.42. The van der Waals surface area contributed by atoms with Crippen LogP contribution < -0.4 is 4.74 Å². The van der Waals surface area contributed by atoms with Crippen molar-refractivity contribution in [1.82, 2.24) is 4.57 Å². The molecule has 0 bridgehead atoms. The molecule has 0 atom stereocenters. The second kappa shape index (κ2) is 7.86. The van der Waals surface area contributed by atoms with Crippen molar-refractivity contribution in [3.8, 4) is 11.4 Å². The zero-order valence-electron chi connectivity index (χ0n) is 13.5. The van der Waals surface area contributed by atoms with Crippen LogP contribution in [0.5, 0.6) is 5.75 Å². The van der Waals surface area contributed by atoms with E-state index in [4.69, 9.17) is 4.74 Å². The molecule has 23 heavy (non-hydrogen) atoms. The van der Waals surface area contributed by atoms with Gasteiger partial charge in [-0.05, 0) is 67.0 Å². The monoisotopic (exact) mass is 419 g/mol. The lowest BCUT2D eigenvalue weighted by Crippen LogP contribution is -1.99. The Morgan fingerprint density at radius 3 is 2.52 bits per heavy atom. The van der Waals surface area contributed by atoms with Crippen molar-refractivity contribution in [2.45, 2.75) is 26.2 Å². The van der Waals surface area contributed by atoms with E-state index in [-0.39, 0.29) is 0 Å². The Labute approximate surface area is 151 Å². The Balaban J connectivity index is 1.73. The first kappa shape index (κ1) is 16.4. The van der Waals surface area contributed by atoms with Crippen LogP contribution in [-0.4, -0.2) is 15.6 Å². The number of aromatic nitrogens is 1. The van der Waals surface area contributed by atoms with Crippen LogP contribution in [0.15, 0.2) is 54.6 Å². The highest BCUT2D eigenvalue weighted by Gasteiger charge is 2.07. The number of hydrogen-bond donors (Lipinski definition) is 0. The third kappa shape index (κ3) is 3.89. The van der Waals surface area contributed by atoms with E-state index in [0.717, 1.165) is 18.8 Å². The molecule has 3 aromatic rings. The minimum absolute atomic E-state index is 0.807. The molecule has 0 spiro atoms. The fraction of sp³-hybridized carbons (Fsp3) is 0.300.